The highest BCUT2D eigenvalue weighted by Gasteiger charge is 2.26. The van der Waals surface area contributed by atoms with E-state index in [1.165, 1.54) is 36.8 Å². The van der Waals surface area contributed by atoms with Crippen LogP contribution in [0.1, 0.15) is 60.5 Å². The van der Waals surface area contributed by atoms with E-state index in [9.17, 15) is 4.79 Å². The smallest absolute Gasteiger partial charge is 0.165 e. The summed E-state index contributed by atoms with van der Waals surface area (Å²) >= 11 is 0. The van der Waals surface area contributed by atoms with E-state index in [1.54, 1.807) is 0 Å². The van der Waals surface area contributed by atoms with Gasteiger partial charge in [-0.15, -0.1) is 0 Å². The number of benzene rings is 1. The van der Waals surface area contributed by atoms with Crippen molar-refractivity contribution in [1.82, 2.24) is 0 Å². The molecule has 2 unspecified atom stereocenters. The van der Waals surface area contributed by atoms with Gasteiger partial charge in [-0.1, -0.05) is 31.9 Å². The van der Waals surface area contributed by atoms with Crippen molar-refractivity contribution < 1.29 is 4.79 Å². The van der Waals surface area contributed by atoms with Crippen LogP contribution in [0.4, 0.5) is 0 Å². The molecule has 1 fully saturated rings. The van der Waals surface area contributed by atoms with E-state index in [0.717, 1.165) is 30.7 Å². The molecule has 3 rings (SSSR count). The molecule has 0 bridgehead atoms. The number of carbonyl (C=O) groups is 1. The third-order valence-corrected chi connectivity index (χ3v) is 4.69. The molecule has 2 atom stereocenters. The van der Waals surface area contributed by atoms with Gasteiger partial charge in [-0.2, -0.15) is 0 Å². The summed E-state index contributed by atoms with van der Waals surface area (Å²) in [6.07, 6.45) is 8.34. The van der Waals surface area contributed by atoms with Crippen LogP contribution >= 0.6 is 0 Å². The predicted molar refractivity (Wildman–Crippen MR) is 73.9 cm³/mol. The normalized spacial score (nSPS) is 26.9. The fraction of sp³-hybridized carbons (Fsp3) is 0.588. The summed E-state index contributed by atoms with van der Waals surface area (Å²) < 4.78 is 0. The Labute approximate surface area is 110 Å². The van der Waals surface area contributed by atoms with Gasteiger partial charge in [0.25, 0.3) is 0 Å². The molecule has 0 radical (unpaired) electrons. The van der Waals surface area contributed by atoms with Crippen LogP contribution in [-0.4, -0.2) is 5.78 Å². The summed E-state index contributed by atoms with van der Waals surface area (Å²) in [6.45, 7) is 2.28. The lowest BCUT2D eigenvalue weighted by Gasteiger charge is -2.25. The number of Topliss-reactive ketones (excluding diaryl/α,β-unsaturated/α-hetero) is 1. The van der Waals surface area contributed by atoms with Gasteiger partial charge in [-0.3, -0.25) is 4.79 Å². The number of ketones is 1. The minimum absolute atomic E-state index is 0.285. The monoisotopic (exact) mass is 242 g/mol. The Balaban J connectivity index is 1.79. The van der Waals surface area contributed by atoms with Gasteiger partial charge in [0, 0.05) is 11.5 Å². The predicted octanol–water partition coefficient (Wildman–Crippen LogP) is 4.18. The zero-order chi connectivity index (χ0) is 12.5. The van der Waals surface area contributed by atoms with E-state index in [0.29, 0.717) is 5.78 Å². The molecule has 0 aliphatic heterocycles. The van der Waals surface area contributed by atoms with Gasteiger partial charge in [0.2, 0.25) is 0 Å². The Kier molecular flexibility index (Phi) is 3.23. The van der Waals surface area contributed by atoms with Crippen molar-refractivity contribution in [2.75, 3.05) is 0 Å². The van der Waals surface area contributed by atoms with Gasteiger partial charge in [-0.05, 0) is 55.2 Å². The molecule has 0 aromatic heterocycles. The first-order chi connectivity index (χ1) is 8.74. The fourth-order valence-corrected chi connectivity index (χ4v) is 3.63. The lowest BCUT2D eigenvalue weighted by atomic mass is 9.78. The third kappa shape index (κ3) is 2.23. The molecular formula is C17H22O. The third-order valence-electron chi connectivity index (χ3n) is 4.69. The van der Waals surface area contributed by atoms with Gasteiger partial charge in [0.1, 0.15) is 0 Å². The minimum atomic E-state index is 0.285. The quantitative estimate of drug-likeness (QED) is 0.711. The first-order valence-corrected chi connectivity index (χ1v) is 7.40. The summed E-state index contributed by atoms with van der Waals surface area (Å²) in [5.74, 6) is 1.41. The molecule has 18 heavy (non-hydrogen) atoms. The molecule has 1 heteroatoms. The van der Waals surface area contributed by atoms with Crippen molar-refractivity contribution >= 4 is 5.78 Å². The van der Waals surface area contributed by atoms with Crippen molar-refractivity contribution in [3.63, 3.8) is 0 Å². The second-order valence-corrected chi connectivity index (χ2v) is 6.17. The summed E-state index contributed by atoms with van der Waals surface area (Å²) in [5.41, 5.74) is 3.85. The van der Waals surface area contributed by atoms with Crippen molar-refractivity contribution in [2.24, 2.45) is 11.8 Å². The van der Waals surface area contributed by atoms with Crippen LogP contribution in [0.25, 0.3) is 0 Å². The number of hydrogen-bond acceptors (Lipinski definition) is 1. The molecule has 2 aliphatic rings. The van der Waals surface area contributed by atoms with Crippen LogP contribution in [0.2, 0.25) is 0 Å². The molecule has 0 heterocycles. The Morgan fingerprint density at radius 1 is 1.11 bits per heavy atom. The van der Waals surface area contributed by atoms with Crippen LogP contribution in [0.15, 0.2) is 18.2 Å². The number of aryl methyl sites for hydroxylation is 2. The maximum atomic E-state index is 12.5. The van der Waals surface area contributed by atoms with Crippen LogP contribution < -0.4 is 0 Å². The van der Waals surface area contributed by atoms with E-state index in [4.69, 9.17) is 0 Å². The summed E-state index contributed by atoms with van der Waals surface area (Å²) in [6, 6.07) is 6.41. The molecule has 0 spiro atoms. The fourth-order valence-electron chi connectivity index (χ4n) is 3.63. The number of carbonyl (C=O) groups excluding carboxylic acids is 1. The standard InChI is InChI=1S/C17H22O/c1-12-4-2-7-15(10-12)17(18)16-9-8-13-5-3-6-14(13)11-16/h8-9,11-12,15H,2-7,10H2,1H3. The second-order valence-electron chi connectivity index (χ2n) is 6.17. The van der Waals surface area contributed by atoms with Gasteiger partial charge in [0.05, 0.1) is 0 Å². The number of fused-ring (bicyclic) bond motifs is 1. The topological polar surface area (TPSA) is 17.1 Å². The molecule has 0 saturated heterocycles. The van der Waals surface area contributed by atoms with E-state index in [-0.39, 0.29) is 5.92 Å². The van der Waals surface area contributed by atoms with E-state index in [1.807, 2.05) is 0 Å². The Hall–Kier alpha value is -1.11. The Bertz CT molecular complexity index is 461. The van der Waals surface area contributed by atoms with Crippen molar-refractivity contribution in [1.29, 1.82) is 0 Å². The highest BCUT2D eigenvalue weighted by Crippen LogP contribution is 2.32. The zero-order valence-electron chi connectivity index (χ0n) is 11.2. The van der Waals surface area contributed by atoms with Crippen LogP contribution in [0, 0.1) is 11.8 Å². The van der Waals surface area contributed by atoms with Gasteiger partial charge in [0.15, 0.2) is 5.78 Å². The average Bonchev–Trinajstić information content (AvgIpc) is 2.85. The lowest BCUT2D eigenvalue weighted by molar-refractivity contribution is 0.0868. The summed E-state index contributed by atoms with van der Waals surface area (Å²) in [4.78, 5) is 12.5. The molecule has 1 aromatic carbocycles. The average molecular weight is 242 g/mol. The molecule has 1 saturated carbocycles. The van der Waals surface area contributed by atoms with Gasteiger partial charge < -0.3 is 0 Å². The van der Waals surface area contributed by atoms with E-state index < -0.39 is 0 Å². The highest BCUT2D eigenvalue weighted by molar-refractivity contribution is 5.98. The van der Waals surface area contributed by atoms with Crippen molar-refractivity contribution in [3.05, 3.63) is 34.9 Å². The Morgan fingerprint density at radius 3 is 2.78 bits per heavy atom. The zero-order valence-corrected chi connectivity index (χ0v) is 11.2. The molecule has 0 amide bonds. The summed E-state index contributed by atoms with van der Waals surface area (Å²) in [7, 11) is 0. The van der Waals surface area contributed by atoms with Gasteiger partial charge in [-0.25, -0.2) is 0 Å². The van der Waals surface area contributed by atoms with Gasteiger partial charge >= 0.3 is 0 Å². The lowest BCUT2D eigenvalue weighted by Crippen LogP contribution is -2.22. The van der Waals surface area contributed by atoms with Crippen LogP contribution in [-0.2, 0) is 12.8 Å². The molecule has 1 aromatic rings. The number of rotatable bonds is 2. The second kappa shape index (κ2) is 4.87. The largest absolute Gasteiger partial charge is 0.294 e. The maximum Gasteiger partial charge on any atom is 0.165 e. The van der Waals surface area contributed by atoms with Crippen molar-refractivity contribution in [3.8, 4) is 0 Å². The minimum Gasteiger partial charge on any atom is -0.294 e. The molecule has 0 N–H and O–H groups in total. The SMILES string of the molecule is CC1CCCC(C(=O)c2ccc3c(c2)CCC3)C1. The molecule has 2 aliphatic carbocycles. The highest BCUT2D eigenvalue weighted by atomic mass is 16.1. The first kappa shape index (κ1) is 12.0. The van der Waals surface area contributed by atoms with E-state index in [2.05, 4.69) is 25.1 Å². The molecule has 96 valence electrons. The van der Waals surface area contributed by atoms with Crippen molar-refractivity contribution in [2.45, 2.75) is 51.9 Å². The molecule has 1 nitrogen and oxygen atoms in total. The maximum absolute atomic E-state index is 12.5. The van der Waals surface area contributed by atoms with Crippen LogP contribution in [0.3, 0.4) is 0 Å². The number of hydrogen-bond donors (Lipinski definition) is 0. The van der Waals surface area contributed by atoms with Crippen LogP contribution in [0.5, 0.6) is 0 Å². The first-order valence-electron chi connectivity index (χ1n) is 7.40. The Morgan fingerprint density at radius 2 is 1.94 bits per heavy atom. The molecular weight excluding hydrogens is 220 g/mol. The van der Waals surface area contributed by atoms with E-state index >= 15 is 0 Å². The summed E-state index contributed by atoms with van der Waals surface area (Å²) in [5, 5.41) is 0.